The van der Waals surface area contributed by atoms with Crippen molar-refractivity contribution in [3.05, 3.63) is 23.9 Å². The van der Waals surface area contributed by atoms with E-state index in [1.165, 1.54) is 0 Å². The fraction of sp³-hybridized carbons (Fsp3) is 0.500. The molecular formula is C12H19N5. The Morgan fingerprint density at radius 1 is 1.41 bits per heavy atom. The van der Waals surface area contributed by atoms with Gasteiger partial charge in [-0.1, -0.05) is 19.9 Å². The van der Waals surface area contributed by atoms with Crippen molar-refractivity contribution in [2.24, 2.45) is 11.7 Å². The van der Waals surface area contributed by atoms with E-state index in [-0.39, 0.29) is 6.04 Å². The molecule has 0 radical (unpaired) electrons. The van der Waals surface area contributed by atoms with Crippen LogP contribution in [0.2, 0.25) is 0 Å². The second-order valence-electron chi connectivity index (χ2n) is 4.60. The molecule has 5 nitrogen and oxygen atoms in total. The predicted octanol–water partition coefficient (Wildman–Crippen LogP) is 1.43. The first-order valence-electron chi connectivity index (χ1n) is 5.91. The molecule has 17 heavy (non-hydrogen) atoms. The Bertz CT molecular complexity index is 503. The van der Waals surface area contributed by atoms with E-state index in [9.17, 15) is 0 Å². The molecule has 2 aromatic heterocycles. The normalized spacial score (nSPS) is 13.2. The van der Waals surface area contributed by atoms with Crippen molar-refractivity contribution in [3.63, 3.8) is 0 Å². The van der Waals surface area contributed by atoms with Crippen molar-refractivity contribution in [2.75, 3.05) is 11.9 Å². The van der Waals surface area contributed by atoms with Crippen LogP contribution >= 0.6 is 0 Å². The van der Waals surface area contributed by atoms with E-state index < -0.39 is 0 Å². The van der Waals surface area contributed by atoms with Gasteiger partial charge >= 0.3 is 0 Å². The molecule has 0 saturated carbocycles. The fourth-order valence-corrected chi connectivity index (χ4v) is 1.76. The average Bonchev–Trinajstić information content (AvgIpc) is 2.69. The third-order valence-electron chi connectivity index (χ3n) is 2.92. The van der Waals surface area contributed by atoms with E-state index in [0.717, 1.165) is 11.3 Å². The van der Waals surface area contributed by atoms with Crippen molar-refractivity contribution in [1.82, 2.24) is 14.6 Å². The molecule has 5 heteroatoms. The molecule has 0 aliphatic heterocycles. The van der Waals surface area contributed by atoms with Gasteiger partial charge in [0.2, 0.25) is 5.95 Å². The van der Waals surface area contributed by atoms with Gasteiger partial charge in [0.25, 0.3) is 0 Å². The number of hydrogen-bond acceptors (Lipinski definition) is 4. The van der Waals surface area contributed by atoms with E-state index >= 15 is 0 Å². The highest BCUT2D eigenvalue weighted by Gasteiger charge is 2.13. The number of rotatable bonds is 4. The number of nitrogens with one attached hydrogen (secondary N) is 1. The molecule has 1 atom stereocenters. The van der Waals surface area contributed by atoms with Crippen LogP contribution in [0.15, 0.2) is 18.2 Å². The summed E-state index contributed by atoms with van der Waals surface area (Å²) in [6.07, 6.45) is 0. The molecule has 0 aliphatic carbocycles. The number of aryl methyl sites for hydroxylation is 1. The van der Waals surface area contributed by atoms with Crippen molar-refractivity contribution in [1.29, 1.82) is 0 Å². The lowest BCUT2D eigenvalue weighted by atomic mass is 10.1. The Morgan fingerprint density at radius 3 is 2.76 bits per heavy atom. The van der Waals surface area contributed by atoms with E-state index in [2.05, 4.69) is 29.2 Å². The molecule has 0 amide bonds. The summed E-state index contributed by atoms with van der Waals surface area (Å²) in [6.45, 7) is 6.84. The highest BCUT2D eigenvalue weighted by atomic mass is 15.4. The Labute approximate surface area is 101 Å². The van der Waals surface area contributed by atoms with Crippen molar-refractivity contribution in [2.45, 2.75) is 26.8 Å². The summed E-state index contributed by atoms with van der Waals surface area (Å²) in [4.78, 5) is 4.43. The summed E-state index contributed by atoms with van der Waals surface area (Å²) in [6, 6.07) is 6.13. The number of nitrogens with two attached hydrogens (primary N) is 1. The highest BCUT2D eigenvalue weighted by Crippen LogP contribution is 2.11. The first-order valence-corrected chi connectivity index (χ1v) is 5.91. The van der Waals surface area contributed by atoms with Gasteiger partial charge in [-0.15, -0.1) is 5.10 Å². The minimum Gasteiger partial charge on any atom is -0.349 e. The van der Waals surface area contributed by atoms with Gasteiger partial charge in [-0.05, 0) is 25.0 Å². The van der Waals surface area contributed by atoms with Gasteiger partial charge in [-0.2, -0.15) is 4.98 Å². The smallest absolute Gasteiger partial charge is 0.243 e. The van der Waals surface area contributed by atoms with Gasteiger partial charge in [-0.25, -0.2) is 4.52 Å². The van der Waals surface area contributed by atoms with Crippen LogP contribution < -0.4 is 11.1 Å². The van der Waals surface area contributed by atoms with E-state index in [1.807, 2.05) is 29.6 Å². The van der Waals surface area contributed by atoms with Crippen LogP contribution in [-0.2, 0) is 0 Å². The molecule has 0 spiro atoms. The second kappa shape index (κ2) is 4.71. The molecular weight excluding hydrogens is 214 g/mol. The van der Waals surface area contributed by atoms with Crippen LogP contribution in [0.5, 0.6) is 0 Å². The van der Waals surface area contributed by atoms with Gasteiger partial charge < -0.3 is 11.1 Å². The number of pyridine rings is 1. The van der Waals surface area contributed by atoms with Crippen molar-refractivity contribution in [3.8, 4) is 0 Å². The summed E-state index contributed by atoms with van der Waals surface area (Å²) < 4.78 is 1.83. The first kappa shape index (κ1) is 11.9. The molecule has 92 valence electrons. The SMILES string of the molecule is Cc1cccc2nc(NC(CN)C(C)C)nn12. The number of fused-ring (bicyclic) bond motifs is 1. The van der Waals surface area contributed by atoms with E-state index in [4.69, 9.17) is 5.73 Å². The maximum atomic E-state index is 5.72. The quantitative estimate of drug-likeness (QED) is 0.838. The third-order valence-corrected chi connectivity index (χ3v) is 2.92. The van der Waals surface area contributed by atoms with Gasteiger partial charge in [-0.3, -0.25) is 0 Å². The Hall–Kier alpha value is -1.62. The zero-order chi connectivity index (χ0) is 12.4. The van der Waals surface area contributed by atoms with Crippen LogP contribution in [-0.4, -0.2) is 27.2 Å². The van der Waals surface area contributed by atoms with Crippen molar-refractivity contribution >= 4 is 11.6 Å². The van der Waals surface area contributed by atoms with Crippen LogP contribution in [0, 0.1) is 12.8 Å². The molecule has 2 rings (SSSR count). The summed E-state index contributed by atoms with van der Waals surface area (Å²) in [5, 5.41) is 7.70. The maximum Gasteiger partial charge on any atom is 0.243 e. The summed E-state index contributed by atoms with van der Waals surface area (Å²) >= 11 is 0. The summed E-state index contributed by atoms with van der Waals surface area (Å²) in [7, 11) is 0. The molecule has 0 fully saturated rings. The molecule has 0 bridgehead atoms. The minimum atomic E-state index is 0.202. The van der Waals surface area contributed by atoms with E-state index in [1.54, 1.807) is 0 Å². The van der Waals surface area contributed by atoms with Gasteiger partial charge in [0, 0.05) is 18.3 Å². The van der Waals surface area contributed by atoms with E-state index in [0.29, 0.717) is 18.4 Å². The van der Waals surface area contributed by atoms with Gasteiger partial charge in [0.15, 0.2) is 5.65 Å². The Kier molecular flexibility index (Phi) is 3.28. The number of aromatic nitrogens is 3. The van der Waals surface area contributed by atoms with Crippen LogP contribution in [0.25, 0.3) is 5.65 Å². The van der Waals surface area contributed by atoms with Crippen LogP contribution in [0.4, 0.5) is 5.95 Å². The van der Waals surface area contributed by atoms with Crippen molar-refractivity contribution < 1.29 is 0 Å². The lowest BCUT2D eigenvalue weighted by molar-refractivity contribution is 0.528. The average molecular weight is 233 g/mol. The molecule has 0 aromatic carbocycles. The molecule has 0 saturated heterocycles. The first-order chi connectivity index (χ1) is 8.11. The number of anilines is 1. The third kappa shape index (κ3) is 2.39. The monoisotopic (exact) mass is 233 g/mol. The summed E-state index contributed by atoms with van der Waals surface area (Å²) in [5.41, 5.74) is 7.64. The fourth-order valence-electron chi connectivity index (χ4n) is 1.76. The maximum absolute atomic E-state index is 5.72. The van der Waals surface area contributed by atoms with Crippen LogP contribution in [0.3, 0.4) is 0 Å². The lowest BCUT2D eigenvalue weighted by Crippen LogP contribution is -2.34. The molecule has 2 aromatic rings. The molecule has 2 heterocycles. The van der Waals surface area contributed by atoms with Gasteiger partial charge in [0.05, 0.1) is 0 Å². The Balaban J connectivity index is 2.28. The largest absolute Gasteiger partial charge is 0.349 e. The molecule has 0 aliphatic rings. The number of hydrogen-bond donors (Lipinski definition) is 2. The summed E-state index contributed by atoms with van der Waals surface area (Å²) in [5.74, 6) is 1.09. The van der Waals surface area contributed by atoms with Crippen LogP contribution in [0.1, 0.15) is 19.5 Å². The second-order valence-corrected chi connectivity index (χ2v) is 4.60. The minimum absolute atomic E-state index is 0.202. The Morgan fingerprint density at radius 2 is 2.18 bits per heavy atom. The zero-order valence-corrected chi connectivity index (χ0v) is 10.5. The predicted molar refractivity (Wildman–Crippen MR) is 69.0 cm³/mol. The molecule has 1 unspecified atom stereocenters. The van der Waals surface area contributed by atoms with Gasteiger partial charge in [0.1, 0.15) is 0 Å². The number of nitrogens with zero attached hydrogens (tertiary/aromatic N) is 3. The lowest BCUT2D eigenvalue weighted by Gasteiger charge is -2.18. The standard InChI is InChI=1S/C12H19N5/c1-8(2)10(7-13)14-12-15-11-6-4-5-9(3)17(11)16-12/h4-6,8,10H,7,13H2,1-3H3,(H,14,16). The molecule has 3 N–H and O–H groups in total. The topological polar surface area (TPSA) is 68.2 Å². The highest BCUT2D eigenvalue weighted by molar-refractivity contribution is 5.44. The zero-order valence-electron chi connectivity index (χ0n) is 10.5.